The third-order valence-corrected chi connectivity index (χ3v) is 9.04. The van der Waals surface area contributed by atoms with Crippen LogP contribution >= 0.6 is 0 Å². The van der Waals surface area contributed by atoms with E-state index in [9.17, 15) is 0 Å². The first-order valence-corrected chi connectivity index (χ1v) is 12.6. The van der Waals surface area contributed by atoms with E-state index in [1.807, 2.05) is 0 Å². The van der Waals surface area contributed by atoms with Crippen molar-refractivity contribution in [2.45, 2.75) is 31.2 Å². The van der Waals surface area contributed by atoms with Gasteiger partial charge in [0, 0.05) is 28.0 Å². The number of rotatable bonds is 0. The number of anilines is 2. The van der Waals surface area contributed by atoms with Gasteiger partial charge in [0.25, 0.3) is 0 Å². The summed E-state index contributed by atoms with van der Waals surface area (Å²) in [5.74, 6) is 0.313. The first kappa shape index (κ1) is 18.3. The third kappa shape index (κ3) is 1.87. The Hall–Kier alpha value is -4.04. The van der Waals surface area contributed by atoms with Crippen molar-refractivity contribution in [3.8, 4) is 5.69 Å². The first-order valence-electron chi connectivity index (χ1n) is 12.6. The van der Waals surface area contributed by atoms with Crippen molar-refractivity contribution in [2.75, 3.05) is 4.90 Å². The van der Waals surface area contributed by atoms with Crippen LogP contribution in [0.5, 0.6) is 0 Å². The lowest BCUT2D eigenvalue weighted by atomic mass is 9.70. The molecule has 2 aliphatic carbocycles. The molecule has 2 aliphatic heterocycles. The van der Waals surface area contributed by atoms with E-state index in [-0.39, 0.29) is 11.5 Å². The SMILES string of the molecule is CC1(C)C2=C(c3ccccc31)C1c3ccccc3N3c4ccccc4-n4c(c2c2ccccc24)C13. The minimum absolute atomic E-state index is 0.0539. The van der Waals surface area contributed by atoms with E-state index in [0.29, 0.717) is 5.92 Å². The number of fused-ring (bicyclic) bond motifs is 13. The van der Waals surface area contributed by atoms with Crippen LogP contribution in [0.15, 0.2) is 97.1 Å². The molecule has 0 saturated heterocycles. The molecule has 4 aromatic carbocycles. The van der Waals surface area contributed by atoms with E-state index in [2.05, 4.69) is 120 Å². The summed E-state index contributed by atoms with van der Waals surface area (Å²) < 4.78 is 2.59. The zero-order chi connectivity index (χ0) is 23.1. The zero-order valence-electron chi connectivity index (χ0n) is 19.8. The molecule has 0 radical (unpaired) electrons. The third-order valence-electron chi connectivity index (χ3n) is 9.04. The predicted octanol–water partition coefficient (Wildman–Crippen LogP) is 8.14. The molecule has 5 aromatic rings. The fraction of sp³-hybridized carbons (Fsp3) is 0.152. The second kappa shape index (κ2) is 5.78. The van der Waals surface area contributed by atoms with Crippen molar-refractivity contribution in [3.63, 3.8) is 0 Å². The highest BCUT2D eigenvalue weighted by atomic mass is 15.3. The van der Waals surface area contributed by atoms with Crippen LogP contribution in [0.4, 0.5) is 11.4 Å². The molecule has 3 heterocycles. The van der Waals surface area contributed by atoms with Gasteiger partial charge in [-0.3, -0.25) is 0 Å². The summed E-state index contributed by atoms with van der Waals surface area (Å²) in [7, 11) is 0. The summed E-state index contributed by atoms with van der Waals surface area (Å²) in [6, 6.07) is 36.6. The van der Waals surface area contributed by atoms with Crippen LogP contribution in [0.2, 0.25) is 0 Å². The van der Waals surface area contributed by atoms with E-state index in [0.717, 1.165) is 0 Å². The fourth-order valence-electron chi connectivity index (χ4n) is 7.87. The van der Waals surface area contributed by atoms with E-state index in [1.165, 1.54) is 61.5 Å². The van der Waals surface area contributed by atoms with Crippen molar-refractivity contribution in [1.29, 1.82) is 0 Å². The van der Waals surface area contributed by atoms with Crippen molar-refractivity contribution in [2.24, 2.45) is 0 Å². The molecule has 2 unspecified atom stereocenters. The standard InChI is InChI=1S/C33H24N2/c1-33(2)22-14-6-3-11-19(22)27-28-20-12-4-7-15-23(20)34-25-17-9-10-18-26(25)35-24-16-8-5-13-21(24)29(30(27)33)32(35)31(28)34/h3-18,28,31H,1-2H3. The lowest BCUT2D eigenvalue weighted by Gasteiger charge is -2.42. The zero-order valence-corrected chi connectivity index (χ0v) is 19.8. The van der Waals surface area contributed by atoms with Crippen LogP contribution in [-0.2, 0) is 5.41 Å². The largest absolute Gasteiger partial charge is 0.329 e. The lowest BCUT2D eigenvalue weighted by molar-refractivity contribution is 0.620. The van der Waals surface area contributed by atoms with Gasteiger partial charge in [-0.25, -0.2) is 0 Å². The van der Waals surface area contributed by atoms with Gasteiger partial charge in [-0.2, -0.15) is 0 Å². The molecule has 1 aromatic heterocycles. The van der Waals surface area contributed by atoms with Gasteiger partial charge >= 0.3 is 0 Å². The van der Waals surface area contributed by atoms with E-state index < -0.39 is 0 Å². The van der Waals surface area contributed by atoms with Crippen LogP contribution in [0.25, 0.3) is 27.7 Å². The van der Waals surface area contributed by atoms with Crippen molar-refractivity contribution >= 4 is 33.4 Å². The highest BCUT2D eigenvalue weighted by Gasteiger charge is 2.56. The molecule has 2 heteroatoms. The molecule has 4 aliphatic rings. The molecule has 0 fully saturated rings. The number of hydrogen-bond acceptors (Lipinski definition) is 1. The second-order valence-electron chi connectivity index (χ2n) is 10.9. The average Bonchev–Trinajstić information content (AvgIpc) is 3.49. The van der Waals surface area contributed by atoms with E-state index in [1.54, 1.807) is 5.57 Å². The van der Waals surface area contributed by atoms with Gasteiger partial charge in [0.1, 0.15) is 0 Å². The Bertz CT molecular complexity index is 1800. The second-order valence-corrected chi connectivity index (χ2v) is 10.9. The van der Waals surface area contributed by atoms with Gasteiger partial charge in [-0.05, 0) is 52.1 Å². The van der Waals surface area contributed by atoms with Crippen LogP contribution in [0, 0.1) is 0 Å². The maximum atomic E-state index is 2.64. The van der Waals surface area contributed by atoms with Crippen molar-refractivity contribution in [3.05, 3.63) is 125 Å². The number of aromatic nitrogens is 1. The Labute approximate surface area is 204 Å². The van der Waals surface area contributed by atoms with Crippen LogP contribution in [-0.4, -0.2) is 4.57 Å². The van der Waals surface area contributed by atoms with Crippen molar-refractivity contribution < 1.29 is 0 Å². The highest BCUT2D eigenvalue weighted by Crippen LogP contribution is 2.70. The fourth-order valence-corrected chi connectivity index (χ4v) is 7.87. The smallest absolute Gasteiger partial charge is 0.0863 e. The van der Waals surface area contributed by atoms with Gasteiger partial charge in [0.15, 0.2) is 0 Å². The summed E-state index contributed by atoms with van der Waals surface area (Å²) in [4.78, 5) is 2.64. The molecular formula is C33H24N2. The molecule has 0 N–H and O–H groups in total. The molecule has 9 rings (SSSR count). The maximum absolute atomic E-state index is 2.64. The van der Waals surface area contributed by atoms with Crippen LogP contribution < -0.4 is 4.90 Å². The monoisotopic (exact) mass is 448 g/mol. The molecule has 35 heavy (non-hydrogen) atoms. The maximum Gasteiger partial charge on any atom is 0.0863 e. The van der Waals surface area contributed by atoms with E-state index in [4.69, 9.17) is 0 Å². The molecule has 166 valence electrons. The molecule has 2 atom stereocenters. The normalized spacial score (nSPS) is 21.5. The Morgan fingerprint density at radius 1 is 0.686 bits per heavy atom. The topological polar surface area (TPSA) is 8.17 Å². The van der Waals surface area contributed by atoms with Gasteiger partial charge in [0.05, 0.1) is 28.6 Å². The van der Waals surface area contributed by atoms with Crippen LogP contribution in [0.1, 0.15) is 53.8 Å². The van der Waals surface area contributed by atoms with Crippen molar-refractivity contribution in [1.82, 2.24) is 4.57 Å². The molecule has 0 saturated carbocycles. The summed E-state index contributed by atoms with van der Waals surface area (Å²) in [5, 5.41) is 1.38. The lowest BCUT2D eigenvalue weighted by Crippen LogP contribution is -2.33. The number of hydrogen-bond donors (Lipinski definition) is 0. The highest BCUT2D eigenvalue weighted by molar-refractivity contribution is 6.14. The van der Waals surface area contributed by atoms with Gasteiger partial charge in [-0.15, -0.1) is 0 Å². The Morgan fingerprint density at radius 3 is 2.26 bits per heavy atom. The van der Waals surface area contributed by atoms with E-state index >= 15 is 0 Å². The van der Waals surface area contributed by atoms with Gasteiger partial charge < -0.3 is 9.47 Å². The van der Waals surface area contributed by atoms with Crippen LogP contribution in [0.3, 0.4) is 0 Å². The molecule has 2 nitrogen and oxygen atoms in total. The molecular weight excluding hydrogens is 424 g/mol. The minimum Gasteiger partial charge on any atom is -0.329 e. The number of para-hydroxylation sites is 4. The Kier molecular flexibility index (Phi) is 3.02. The first-order chi connectivity index (χ1) is 17.2. The Morgan fingerprint density at radius 2 is 1.37 bits per heavy atom. The summed E-state index contributed by atoms with van der Waals surface area (Å²) in [6.07, 6.45) is 0. The molecule has 0 bridgehead atoms. The number of nitrogens with zero attached hydrogens (tertiary/aromatic N) is 2. The quantitative estimate of drug-likeness (QED) is 0.232. The number of benzene rings is 4. The predicted molar refractivity (Wildman–Crippen MR) is 144 cm³/mol. The summed E-state index contributed by atoms with van der Waals surface area (Å²) in [6.45, 7) is 4.87. The summed E-state index contributed by atoms with van der Waals surface area (Å²) >= 11 is 0. The molecule has 0 amide bonds. The average molecular weight is 449 g/mol. The summed E-state index contributed by atoms with van der Waals surface area (Å²) in [5.41, 5.74) is 15.6. The molecule has 0 spiro atoms. The minimum atomic E-state index is -0.0539. The number of allylic oxidation sites excluding steroid dienone is 1. The van der Waals surface area contributed by atoms with Gasteiger partial charge in [0.2, 0.25) is 0 Å². The Balaban J connectivity index is 1.55. The van der Waals surface area contributed by atoms with Gasteiger partial charge in [-0.1, -0.05) is 86.6 Å².